The lowest BCUT2D eigenvalue weighted by Crippen LogP contribution is -2.05. The summed E-state index contributed by atoms with van der Waals surface area (Å²) in [7, 11) is 0. The fraction of sp³-hybridized carbons (Fsp3) is 0.286. The Hall–Kier alpha value is -1.86. The van der Waals surface area contributed by atoms with Crippen molar-refractivity contribution in [1.29, 1.82) is 5.26 Å². The summed E-state index contributed by atoms with van der Waals surface area (Å²) in [6.45, 7) is 4.01. The van der Waals surface area contributed by atoms with Crippen molar-refractivity contribution in [2.45, 2.75) is 26.4 Å². The molecule has 18 heavy (non-hydrogen) atoms. The van der Waals surface area contributed by atoms with Gasteiger partial charge in [0.25, 0.3) is 0 Å². The van der Waals surface area contributed by atoms with Crippen LogP contribution < -0.4 is 4.74 Å². The van der Waals surface area contributed by atoms with Crippen LogP contribution in [-0.4, -0.2) is 11.1 Å². The maximum atomic E-state index is 8.63. The van der Waals surface area contributed by atoms with Gasteiger partial charge in [-0.1, -0.05) is 0 Å². The van der Waals surface area contributed by atoms with Gasteiger partial charge in [0.05, 0.1) is 18.6 Å². The van der Waals surface area contributed by atoms with Crippen molar-refractivity contribution >= 4 is 11.3 Å². The number of hydrogen-bond acceptors (Lipinski definition) is 4. The van der Waals surface area contributed by atoms with Crippen LogP contribution in [0.25, 0.3) is 10.6 Å². The molecule has 92 valence electrons. The molecule has 1 heterocycles. The first-order valence-electron chi connectivity index (χ1n) is 5.78. The second-order valence-electron chi connectivity index (χ2n) is 4.16. The van der Waals surface area contributed by atoms with E-state index in [2.05, 4.69) is 11.1 Å². The maximum Gasteiger partial charge on any atom is 0.123 e. The molecule has 0 N–H and O–H groups in total. The van der Waals surface area contributed by atoms with Crippen LogP contribution in [0.2, 0.25) is 0 Å². The molecule has 1 aromatic carbocycles. The zero-order chi connectivity index (χ0) is 13.0. The molecule has 4 heteroatoms. The molecular weight excluding hydrogens is 244 g/mol. The van der Waals surface area contributed by atoms with Crippen LogP contribution in [0, 0.1) is 11.3 Å². The van der Waals surface area contributed by atoms with Crippen LogP contribution in [0.1, 0.15) is 18.7 Å². The third-order valence-electron chi connectivity index (χ3n) is 2.28. The molecule has 0 amide bonds. The molecule has 2 aromatic rings. The largest absolute Gasteiger partial charge is 0.491 e. The third kappa shape index (κ3) is 3.08. The number of nitriles is 1. The molecule has 0 spiro atoms. The molecule has 1 aromatic heterocycles. The Labute approximate surface area is 111 Å². The Morgan fingerprint density at radius 3 is 2.67 bits per heavy atom. The molecule has 0 unspecified atom stereocenters. The number of benzene rings is 1. The average Bonchev–Trinajstić information content (AvgIpc) is 2.78. The van der Waals surface area contributed by atoms with Gasteiger partial charge >= 0.3 is 0 Å². The summed E-state index contributed by atoms with van der Waals surface area (Å²) < 4.78 is 5.59. The topological polar surface area (TPSA) is 45.9 Å². The summed E-state index contributed by atoms with van der Waals surface area (Å²) in [6, 6.07) is 10.0. The molecule has 0 aliphatic rings. The van der Waals surface area contributed by atoms with E-state index in [0.29, 0.717) is 6.42 Å². The molecule has 0 radical (unpaired) electrons. The van der Waals surface area contributed by atoms with Crippen LogP contribution in [0.3, 0.4) is 0 Å². The molecule has 0 bridgehead atoms. The summed E-state index contributed by atoms with van der Waals surface area (Å²) in [4.78, 5) is 5.32. The second-order valence-corrected chi connectivity index (χ2v) is 5.27. The van der Waals surface area contributed by atoms with E-state index in [1.165, 1.54) is 0 Å². The summed E-state index contributed by atoms with van der Waals surface area (Å²) in [5, 5.41) is 9.57. The van der Waals surface area contributed by atoms with E-state index in [1.807, 2.05) is 38.1 Å². The van der Waals surface area contributed by atoms with Gasteiger partial charge in [0.15, 0.2) is 0 Å². The van der Waals surface area contributed by atoms with E-state index in [-0.39, 0.29) is 6.10 Å². The van der Waals surface area contributed by atoms with Crippen molar-refractivity contribution in [3.8, 4) is 22.4 Å². The van der Waals surface area contributed by atoms with Crippen molar-refractivity contribution in [1.82, 2.24) is 4.98 Å². The predicted octanol–water partition coefficient (Wildman–Crippen LogP) is 3.66. The van der Waals surface area contributed by atoms with Crippen LogP contribution >= 0.6 is 11.3 Å². The van der Waals surface area contributed by atoms with Gasteiger partial charge < -0.3 is 4.74 Å². The van der Waals surface area contributed by atoms with Gasteiger partial charge in [-0.3, -0.25) is 0 Å². The van der Waals surface area contributed by atoms with E-state index in [0.717, 1.165) is 21.2 Å². The predicted molar refractivity (Wildman–Crippen MR) is 72.6 cm³/mol. The minimum Gasteiger partial charge on any atom is -0.491 e. The highest BCUT2D eigenvalue weighted by atomic mass is 32.1. The van der Waals surface area contributed by atoms with Crippen LogP contribution in [0.5, 0.6) is 5.75 Å². The first-order chi connectivity index (χ1) is 8.69. The highest BCUT2D eigenvalue weighted by Gasteiger charge is 2.05. The van der Waals surface area contributed by atoms with E-state index in [9.17, 15) is 0 Å². The normalized spacial score (nSPS) is 10.3. The van der Waals surface area contributed by atoms with Gasteiger partial charge in [-0.15, -0.1) is 11.3 Å². The Morgan fingerprint density at radius 1 is 1.33 bits per heavy atom. The van der Waals surface area contributed by atoms with Crippen molar-refractivity contribution in [3.05, 3.63) is 35.3 Å². The zero-order valence-electron chi connectivity index (χ0n) is 10.4. The Kier molecular flexibility index (Phi) is 3.96. The van der Waals surface area contributed by atoms with E-state index in [4.69, 9.17) is 10.00 Å². The Balaban J connectivity index is 2.15. The summed E-state index contributed by atoms with van der Waals surface area (Å²) in [5.41, 5.74) is 1.06. The minimum absolute atomic E-state index is 0.179. The number of rotatable bonds is 4. The van der Waals surface area contributed by atoms with E-state index in [1.54, 1.807) is 17.5 Å². The quantitative estimate of drug-likeness (QED) is 0.840. The van der Waals surface area contributed by atoms with Gasteiger partial charge in [0.1, 0.15) is 10.8 Å². The molecular formula is C14H14N2OS. The first-order valence-corrected chi connectivity index (χ1v) is 6.59. The number of aromatic nitrogens is 1. The Morgan fingerprint density at radius 2 is 2.06 bits per heavy atom. The van der Waals surface area contributed by atoms with Gasteiger partial charge in [-0.2, -0.15) is 5.26 Å². The average molecular weight is 258 g/mol. The third-order valence-corrected chi connectivity index (χ3v) is 3.33. The van der Waals surface area contributed by atoms with Gasteiger partial charge in [-0.25, -0.2) is 4.98 Å². The van der Waals surface area contributed by atoms with Crippen LogP contribution in [-0.2, 0) is 6.42 Å². The molecule has 0 aliphatic carbocycles. The highest BCUT2D eigenvalue weighted by Crippen LogP contribution is 2.27. The lowest BCUT2D eigenvalue weighted by Gasteiger charge is -2.09. The van der Waals surface area contributed by atoms with Crippen LogP contribution in [0.4, 0.5) is 0 Å². The minimum atomic E-state index is 0.179. The van der Waals surface area contributed by atoms with Crippen LogP contribution in [0.15, 0.2) is 30.5 Å². The van der Waals surface area contributed by atoms with Crippen molar-refractivity contribution in [2.24, 2.45) is 0 Å². The monoisotopic (exact) mass is 258 g/mol. The van der Waals surface area contributed by atoms with Crippen molar-refractivity contribution < 1.29 is 4.74 Å². The Bertz CT molecular complexity index is 552. The molecule has 3 nitrogen and oxygen atoms in total. The SMILES string of the molecule is CC(C)Oc1ccc(-c2ncc(CC#N)s2)cc1. The molecule has 0 saturated heterocycles. The fourth-order valence-corrected chi connectivity index (χ4v) is 2.40. The standard InChI is InChI=1S/C14H14N2OS/c1-10(2)17-12-5-3-11(4-6-12)14-16-9-13(18-14)7-8-15/h3-6,9-10H,7H2,1-2H3. The number of nitrogens with zero attached hydrogens (tertiary/aromatic N) is 2. The number of ether oxygens (including phenoxy) is 1. The van der Waals surface area contributed by atoms with Crippen molar-refractivity contribution in [3.63, 3.8) is 0 Å². The van der Waals surface area contributed by atoms with Gasteiger partial charge in [0, 0.05) is 16.6 Å². The van der Waals surface area contributed by atoms with E-state index >= 15 is 0 Å². The van der Waals surface area contributed by atoms with Gasteiger partial charge in [0.2, 0.25) is 0 Å². The summed E-state index contributed by atoms with van der Waals surface area (Å²) in [6.07, 6.45) is 2.37. The molecule has 0 saturated carbocycles. The second kappa shape index (κ2) is 5.65. The van der Waals surface area contributed by atoms with Crippen molar-refractivity contribution in [2.75, 3.05) is 0 Å². The summed E-state index contributed by atoms with van der Waals surface area (Å²) in [5.74, 6) is 0.863. The zero-order valence-corrected chi connectivity index (χ0v) is 11.2. The van der Waals surface area contributed by atoms with E-state index < -0.39 is 0 Å². The number of thiazole rings is 1. The maximum absolute atomic E-state index is 8.63. The fourth-order valence-electron chi connectivity index (χ4n) is 1.55. The molecule has 0 aliphatic heterocycles. The van der Waals surface area contributed by atoms with Gasteiger partial charge in [-0.05, 0) is 38.1 Å². The smallest absolute Gasteiger partial charge is 0.123 e. The number of hydrogen-bond donors (Lipinski definition) is 0. The lowest BCUT2D eigenvalue weighted by molar-refractivity contribution is 0.242. The highest BCUT2D eigenvalue weighted by molar-refractivity contribution is 7.15. The summed E-state index contributed by atoms with van der Waals surface area (Å²) >= 11 is 1.56. The molecule has 0 fully saturated rings. The molecule has 0 atom stereocenters. The molecule has 2 rings (SSSR count). The first kappa shape index (κ1) is 12.6. The lowest BCUT2D eigenvalue weighted by atomic mass is 10.2.